The number of nitrogens with zero attached hydrogens (tertiary/aromatic N) is 1. The number of furan rings is 1. The number of anilines is 1. The molecule has 1 amide bonds. The van der Waals surface area contributed by atoms with Crippen molar-refractivity contribution in [1.82, 2.24) is 0 Å². The number of benzene rings is 1. The molecule has 1 aliphatic heterocycles. The quantitative estimate of drug-likeness (QED) is 0.799. The van der Waals surface area contributed by atoms with Crippen LogP contribution in [0, 0.1) is 5.41 Å². The summed E-state index contributed by atoms with van der Waals surface area (Å²) >= 11 is 0. The van der Waals surface area contributed by atoms with E-state index in [1.54, 1.807) is 24.1 Å². The Morgan fingerprint density at radius 3 is 2.68 bits per heavy atom. The summed E-state index contributed by atoms with van der Waals surface area (Å²) in [5.74, 6) is 1.51. The maximum Gasteiger partial charge on any atom is 0.235 e. The molecule has 1 aromatic carbocycles. The SMILES string of the molecule is CN1C(=O)C(C)(C)COc2cc(-c3ccc(C=O)o3)ccc21. The molecule has 5 nitrogen and oxygen atoms in total. The monoisotopic (exact) mass is 299 g/mol. The summed E-state index contributed by atoms with van der Waals surface area (Å²) in [6.07, 6.45) is 0.665. The van der Waals surface area contributed by atoms with E-state index < -0.39 is 5.41 Å². The Balaban J connectivity index is 2.03. The molecular formula is C17H17NO4. The molecule has 1 aromatic heterocycles. The van der Waals surface area contributed by atoms with Gasteiger partial charge in [0.05, 0.1) is 11.1 Å². The van der Waals surface area contributed by atoms with E-state index in [-0.39, 0.29) is 11.7 Å². The van der Waals surface area contributed by atoms with E-state index in [4.69, 9.17) is 9.15 Å². The number of fused-ring (bicyclic) bond motifs is 1. The Morgan fingerprint density at radius 2 is 2.00 bits per heavy atom. The van der Waals surface area contributed by atoms with Gasteiger partial charge < -0.3 is 14.1 Å². The smallest absolute Gasteiger partial charge is 0.235 e. The third kappa shape index (κ3) is 2.28. The molecule has 0 fully saturated rings. The van der Waals surface area contributed by atoms with E-state index in [0.717, 1.165) is 11.3 Å². The molecule has 114 valence electrons. The molecule has 0 spiro atoms. The molecule has 0 bridgehead atoms. The average molecular weight is 299 g/mol. The first-order chi connectivity index (χ1) is 10.4. The van der Waals surface area contributed by atoms with Crippen molar-refractivity contribution in [2.45, 2.75) is 13.8 Å². The first-order valence-electron chi connectivity index (χ1n) is 7.03. The zero-order chi connectivity index (χ0) is 15.9. The summed E-state index contributed by atoms with van der Waals surface area (Å²) in [5.41, 5.74) is 0.942. The van der Waals surface area contributed by atoms with Gasteiger partial charge in [-0.2, -0.15) is 0 Å². The van der Waals surface area contributed by atoms with E-state index in [9.17, 15) is 9.59 Å². The van der Waals surface area contributed by atoms with Crippen LogP contribution in [0.5, 0.6) is 5.75 Å². The number of hydrogen-bond donors (Lipinski definition) is 0. The molecule has 2 heterocycles. The van der Waals surface area contributed by atoms with Crippen LogP contribution in [0.2, 0.25) is 0 Å². The van der Waals surface area contributed by atoms with Crippen LogP contribution in [0.3, 0.4) is 0 Å². The Hall–Kier alpha value is -2.56. The van der Waals surface area contributed by atoms with Gasteiger partial charge in [-0.1, -0.05) is 0 Å². The number of hydrogen-bond acceptors (Lipinski definition) is 4. The number of ether oxygens (including phenoxy) is 1. The van der Waals surface area contributed by atoms with Gasteiger partial charge in [0, 0.05) is 12.6 Å². The van der Waals surface area contributed by atoms with Gasteiger partial charge in [-0.05, 0) is 44.2 Å². The lowest BCUT2D eigenvalue weighted by Crippen LogP contribution is -2.39. The highest BCUT2D eigenvalue weighted by Gasteiger charge is 2.36. The Morgan fingerprint density at radius 1 is 1.23 bits per heavy atom. The lowest BCUT2D eigenvalue weighted by Gasteiger charge is -2.24. The second kappa shape index (κ2) is 5.02. The Bertz CT molecular complexity index is 745. The summed E-state index contributed by atoms with van der Waals surface area (Å²) in [6.45, 7) is 4.04. The molecule has 5 heteroatoms. The van der Waals surface area contributed by atoms with E-state index in [0.29, 0.717) is 24.4 Å². The number of carbonyl (C=O) groups excluding carboxylic acids is 2. The third-order valence-electron chi connectivity index (χ3n) is 3.82. The first-order valence-corrected chi connectivity index (χ1v) is 7.03. The minimum absolute atomic E-state index is 0.0141. The van der Waals surface area contributed by atoms with Crippen molar-refractivity contribution in [3.8, 4) is 17.1 Å². The molecule has 0 radical (unpaired) electrons. The molecule has 3 rings (SSSR count). The van der Waals surface area contributed by atoms with Gasteiger partial charge in [-0.25, -0.2) is 0 Å². The Labute approximate surface area is 128 Å². The van der Waals surface area contributed by atoms with Crippen molar-refractivity contribution in [1.29, 1.82) is 0 Å². The molecule has 0 aliphatic carbocycles. The van der Waals surface area contributed by atoms with Crippen LogP contribution in [0.15, 0.2) is 34.7 Å². The maximum absolute atomic E-state index is 12.4. The Kier molecular flexibility index (Phi) is 3.28. The fourth-order valence-corrected chi connectivity index (χ4v) is 2.51. The molecule has 0 atom stereocenters. The fourth-order valence-electron chi connectivity index (χ4n) is 2.51. The van der Waals surface area contributed by atoms with Crippen molar-refractivity contribution in [2.24, 2.45) is 5.41 Å². The van der Waals surface area contributed by atoms with Crippen molar-refractivity contribution < 1.29 is 18.7 Å². The molecule has 0 saturated carbocycles. The summed E-state index contributed by atoms with van der Waals surface area (Å²) < 4.78 is 11.3. The summed E-state index contributed by atoms with van der Waals surface area (Å²) in [5, 5.41) is 0. The third-order valence-corrected chi connectivity index (χ3v) is 3.82. The number of carbonyl (C=O) groups is 2. The second-order valence-corrected chi connectivity index (χ2v) is 6.04. The molecule has 2 aromatic rings. The molecule has 22 heavy (non-hydrogen) atoms. The van der Waals surface area contributed by atoms with Gasteiger partial charge in [0.25, 0.3) is 0 Å². The molecular weight excluding hydrogens is 282 g/mol. The van der Waals surface area contributed by atoms with Crippen LogP contribution >= 0.6 is 0 Å². The average Bonchev–Trinajstić information content (AvgIpc) is 2.97. The van der Waals surface area contributed by atoms with Crippen LogP contribution in [-0.4, -0.2) is 25.8 Å². The predicted molar refractivity (Wildman–Crippen MR) is 82.2 cm³/mol. The van der Waals surface area contributed by atoms with Crippen molar-refractivity contribution in [3.05, 3.63) is 36.1 Å². The summed E-state index contributed by atoms with van der Waals surface area (Å²) in [7, 11) is 1.74. The van der Waals surface area contributed by atoms with Crippen LogP contribution in [0.25, 0.3) is 11.3 Å². The summed E-state index contributed by atoms with van der Waals surface area (Å²) in [4.78, 5) is 24.7. The van der Waals surface area contributed by atoms with Gasteiger partial charge in [-0.15, -0.1) is 0 Å². The minimum Gasteiger partial charge on any atom is -0.490 e. The zero-order valence-electron chi connectivity index (χ0n) is 12.8. The van der Waals surface area contributed by atoms with Crippen molar-refractivity contribution in [3.63, 3.8) is 0 Å². The van der Waals surface area contributed by atoms with Crippen LogP contribution in [0.4, 0.5) is 5.69 Å². The molecule has 0 saturated heterocycles. The van der Waals surface area contributed by atoms with E-state index in [2.05, 4.69) is 0 Å². The van der Waals surface area contributed by atoms with Gasteiger partial charge in [0.15, 0.2) is 12.0 Å². The number of rotatable bonds is 2. The number of aldehydes is 1. The first kappa shape index (κ1) is 14.4. The highest BCUT2D eigenvalue weighted by Crippen LogP contribution is 2.38. The van der Waals surface area contributed by atoms with Crippen LogP contribution < -0.4 is 9.64 Å². The normalized spacial score (nSPS) is 16.7. The van der Waals surface area contributed by atoms with Crippen molar-refractivity contribution in [2.75, 3.05) is 18.6 Å². The molecule has 0 N–H and O–H groups in total. The second-order valence-electron chi connectivity index (χ2n) is 6.04. The highest BCUT2D eigenvalue weighted by molar-refractivity contribution is 5.99. The van der Waals surface area contributed by atoms with E-state index in [1.807, 2.05) is 32.0 Å². The predicted octanol–water partition coefficient (Wildman–Crippen LogP) is 3.14. The van der Waals surface area contributed by atoms with Crippen molar-refractivity contribution >= 4 is 17.9 Å². The van der Waals surface area contributed by atoms with Crippen LogP contribution in [-0.2, 0) is 4.79 Å². The topological polar surface area (TPSA) is 59.8 Å². The highest BCUT2D eigenvalue weighted by atomic mass is 16.5. The largest absolute Gasteiger partial charge is 0.490 e. The van der Waals surface area contributed by atoms with Gasteiger partial charge in [0.2, 0.25) is 5.91 Å². The zero-order valence-corrected chi connectivity index (χ0v) is 12.8. The maximum atomic E-state index is 12.4. The lowest BCUT2D eigenvalue weighted by atomic mass is 9.93. The van der Waals surface area contributed by atoms with E-state index >= 15 is 0 Å². The molecule has 1 aliphatic rings. The lowest BCUT2D eigenvalue weighted by molar-refractivity contribution is -0.127. The standard InChI is InChI=1S/C17H17NO4/c1-17(2)10-21-15-8-11(14-7-5-12(9-19)22-14)4-6-13(15)18(3)16(17)20/h4-9H,10H2,1-3H3. The van der Waals surface area contributed by atoms with Gasteiger partial charge >= 0.3 is 0 Å². The van der Waals surface area contributed by atoms with E-state index in [1.165, 1.54) is 0 Å². The fraction of sp³-hybridized carbons (Fsp3) is 0.294. The summed E-state index contributed by atoms with van der Waals surface area (Å²) in [6, 6.07) is 8.85. The number of amides is 1. The minimum atomic E-state index is -0.580. The van der Waals surface area contributed by atoms with Gasteiger partial charge in [-0.3, -0.25) is 9.59 Å². The van der Waals surface area contributed by atoms with Gasteiger partial charge in [0.1, 0.15) is 18.1 Å². The van der Waals surface area contributed by atoms with Crippen LogP contribution in [0.1, 0.15) is 24.4 Å². The molecule has 0 unspecified atom stereocenters.